The Kier molecular flexibility index (Phi) is 6.04. The second kappa shape index (κ2) is 8.29. The predicted molar refractivity (Wildman–Crippen MR) is 107 cm³/mol. The first kappa shape index (κ1) is 19.7. The van der Waals surface area contributed by atoms with Crippen LogP contribution in [0, 0.1) is 6.92 Å². The number of aromatic nitrogens is 2. The molecule has 0 saturated heterocycles. The summed E-state index contributed by atoms with van der Waals surface area (Å²) in [6, 6.07) is 7.16. The average Bonchev–Trinajstić information content (AvgIpc) is 3.19. The maximum Gasteiger partial charge on any atom is 0.307 e. The number of nitrogens with zero attached hydrogens (tertiary/aromatic N) is 2. The van der Waals surface area contributed by atoms with Crippen LogP contribution in [0.2, 0.25) is 10.0 Å². The van der Waals surface area contributed by atoms with E-state index in [2.05, 4.69) is 15.2 Å². The van der Waals surface area contributed by atoms with Gasteiger partial charge in [-0.1, -0.05) is 29.3 Å². The van der Waals surface area contributed by atoms with Crippen molar-refractivity contribution in [2.45, 2.75) is 19.9 Å². The number of nitrogens with one attached hydrogen (secondary N) is 1. The number of thiophene rings is 1. The summed E-state index contributed by atoms with van der Waals surface area (Å²) in [4.78, 5) is 24.9. The fourth-order valence-electron chi connectivity index (χ4n) is 2.63. The number of ether oxygens (including phenoxy) is 1. The molecule has 0 aliphatic heterocycles. The third kappa shape index (κ3) is 4.26. The van der Waals surface area contributed by atoms with Crippen LogP contribution in [0.4, 0.5) is 0 Å². The first-order chi connectivity index (χ1) is 12.9. The van der Waals surface area contributed by atoms with Crippen LogP contribution >= 0.6 is 34.5 Å². The van der Waals surface area contributed by atoms with Crippen molar-refractivity contribution in [3.05, 3.63) is 50.4 Å². The Labute approximate surface area is 170 Å². The van der Waals surface area contributed by atoms with Gasteiger partial charge < -0.3 is 10.1 Å². The average molecular weight is 426 g/mol. The van der Waals surface area contributed by atoms with E-state index < -0.39 is 0 Å². The molecule has 0 radical (unpaired) electrons. The summed E-state index contributed by atoms with van der Waals surface area (Å²) in [6.07, 6.45) is 0.130. The van der Waals surface area contributed by atoms with Gasteiger partial charge in [-0.15, -0.1) is 11.3 Å². The highest BCUT2D eigenvalue weighted by molar-refractivity contribution is 7.20. The summed E-state index contributed by atoms with van der Waals surface area (Å²) >= 11 is 13.9. The van der Waals surface area contributed by atoms with Gasteiger partial charge >= 0.3 is 5.97 Å². The van der Waals surface area contributed by atoms with Gasteiger partial charge in [-0.05, 0) is 25.1 Å². The zero-order valence-corrected chi connectivity index (χ0v) is 17.0. The molecular weight excluding hydrogens is 409 g/mol. The monoisotopic (exact) mass is 425 g/mol. The standard InChI is InChI=1S/C18H17Cl2N3O3S/c1-10-11-8-15(17(25)21-7-6-16(24)26-2)27-18(11)23(22-10)9-12-13(19)4-3-5-14(12)20/h3-5,8H,6-7,9H2,1-2H3,(H,21,25). The van der Waals surface area contributed by atoms with Crippen LogP contribution in [-0.4, -0.2) is 35.3 Å². The molecule has 0 aliphatic carbocycles. The molecule has 3 aromatic rings. The molecule has 0 unspecified atom stereocenters. The van der Waals surface area contributed by atoms with Crippen LogP contribution in [-0.2, 0) is 16.1 Å². The van der Waals surface area contributed by atoms with Crippen molar-refractivity contribution < 1.29 is 14.3 Å². The van der Waals surface area contributed by atoms with E-state index in [1.54, 1.807) is 28.9 Å². The number of aryl methyl sites for hydroxylation is 1. The van der Waals surface area contributed by atoms with Gasteiger partial charge in [-0.25, -0.2) is 4.68 Å². The highest BCUT2D eigenvalue weighted by Crippen LogP contribution is 2.31. The molecule has 27 heavy (non-hydrogen) atoms. The Hall–Kier alpha value is -2.09. The third-order valence-electron chi connectivity index (χ3n) is 4.04. The lowest BCUT2D eigenvalue weighted by molar-refractivity contribution is -0.140. The van der Waals surface area contributed by atoms with Gasteiger partial charge in [0.05, 0.1) is 30.6 Å². The van der Waals surface area contributed by atoms with Crippen molar-refractivity contribution >= 4 is 56.6 Å². The summed E-state index contributed by atoms with van der Waals surface area (Å²) in [5.74, 6) is -0.600. The van der Waals surface area contributed by atoms with E-state index in [9.17, 15) is 9.59 Å². The normalized spacial score (nSPS) is 11.0. The number of amides is 1. The number of carbonyl (C=O) groups is 2. The number of halogens is 2. The molecule has 0 atom stereocenters. The second-order valence-electron chi connectivity index (χ2n) is 5.85. The van der Waals surface area contributed by atoms with Crippen LogP contribution in [0.5, 0.6) is 0 Å². The van der Waals surface area contributed by atoms with Crippen LogP contribution in [0.15, 0.2) is 24.3 Å². The van der Waals surface area contributed by atoms with Gasteiger partial charge in [-0.2, -0.15) is 5.10 Å². The number of hydrogen-bond donors (Lipinski definition) is 1. The minimum atomic E-state index is -0.366. The molecule has 3 rings (SSSR count). The first-order valence-electron chi connectivity index (χ1n) is 8.15. The fraction of sp³-hybridized carbons (Fsp3) is 0.278. The van der Waals surface area contributed by atoms with E-state index in [-0.39, 0.29) is 24.8 Å². The largest absolute Gasteiger partial charge is 0.469 e. The Morgan fingerprint density at radius 2 is 2.00 bits per heavy atom. The highest BCUT2D eigenvalue weighted by atomic mass is 35.5. The van der Waals surface area contributed by atoms with Gasteiger partial charge in [0.1, 0.15) is 4.83 Å². The minimum absolute atomic E-state index is 0.130. The molecule has 1 N–H and O–H groups in total. The third-order valence-corrected chi connectivity index (χ3v) is 5.90. The van der Waals surface area contributed by atoms with Crippen molar-refractivity contribution in [2.75, 3.05) is 13.7 Å². The van der Waals surface area contributed by atoms with Crippen molar-refractivity contribution in [1.29, 1.82) is 0 Å². The van der Waals surface area contributed by atoms with Crippen molar-refractivity contribution in [2.24, 2.45) is 0 Å². The van der Waals surface area contributed by atoms with Crippen LogP contribution in [0.3, 0.4) is 0 Å². The lowest BCUT2D eigenvalue weighted by atomic mass is 10.2. The topological polar surface area (TPSA) is 73.2 Å². The van der Waals surface area contributed by atoms with Crippen LogP contribution in [0.1, 0.15) is 27.3 Å². The molecule has 0 spiro atoms. The Morgan fingerprint density at radius 1 is 1.30 bits per heavy atom. The highest BCUT2D eigenvalue weighted by Gasteiger charge is 2.18. The number of carbonyl (C=O) groups excluding carboxylic acids is 2. The predicted octanol–water partition coefficient (Wildman–Crippen LogP) is 4.05. The molecule has 0 bridgehead atoms. The molecule has 0 aliphatic rings. The van der Waals surface area contributed by atoms with E-state index in [0.29, 0.717) is 21.5 Å². The quantitative estimate of drug-likeness (QED) is 0.604. The number of rotatable bonds is 6. The van der Waals surface area contributed by atoms with E-state index >= 15 is 0 Å². The van der Waals surface area contributed by atoms with E-state index in [4.69, 9.17) is 23.2 Å². The zero-order valence-electron chi connectivity index (χ0n) is 14.7. The molecule has 0 fully saturated rings. The number of benzene rings is 1. The van der Waals surface area contributed by atoms with Crippen molar-refractivity contribution in [3.8, 4) is 0 Å². The van der Waals surface area contributed by atoms with Gasteiger partial charge in [0.2, 0.25) is 0 Å². The molecule has 1 amide bonds. The number of methoxy groups -OCH3 is 1. The summed E-state index contributed by atoms with van der Waals surface area (Å²) < 4.78 is 6.36. The van der Waals surface area contributed by atoms with Crippen LogP contribution in [0.25, 0.3) is 10.2 Å². The van der Waals surface area contributed by atoms with E-state index in [1.807, 2.05) is 6.92 Å². The SMILES string of the molecule is COC(=O)CCNC(=O)c1cc2c(C)nn(Cc3c(Cl)cccc3Cl)c2s1. The molecule has 6 nitrogen and oxygen atoms in total. The summed E-state index contributed by atoms with van der Waals surface area (Å²) in [5, 5.41) is 9.31. The van der Waals surface area contributed by atoms with Gasteiger partial charge in [0, 0.05) is 27.5 Å². The lowest BCUT2D eigenvalue weighted by Crippen LogP contribution is -2.25. The maximum atomic E-state index is 12.3. The summed E-state index contributed by atoms with van der Waals surface area (Å²) in [6.45, 7) is 2.52. The molecule has 1 aromatic carbocycles. The van der Waals surface area contributed by atoms with Gasteiger partial charge in [-0.3, -0.25) is 9.59 Å². The zero-order chi connectivity index (χ0) is 19.6. The maximum absolute atomic E-state index is 12.3. The lowest BCUT2D eigenvalue weighted by Gasteiger charge is -2.07. The van der Waals surface area contributed by atoms with Crippen LogP contribution < -0.4 is 5.32 Å². The van der Waals surface area contributed by atoms with E-state index in [1.165, 1.54) is 18.4 Å². The Balaban J connectivity index is 1.83. The molecule has 142 valence electrons. The fourth-order valence-corrected chi connectivity index (χ4v) is 4.23. The minimum Gasteiger partial charge on any atom is -0.469 e. The Morgan fingerprint density at radius 3 is 2.67 bits per heavy atom. The number of fused-ring (bicyclic) bond motifs is 1. The summed E-state index contributed by atoms with van der Waals surface area (Å²) in [7, 11) is 1.32. The van der Waals surface area contributed by atoms with E-state index in [0.717, 1.165) is 21.5 Å². The smallest absolute Gasteiger partial charge is 0.307 e. The van der Waals surface area contributed by atoms with Crippen molar-refractivity contribution in [3.63, 3.8) is 0 Å². The number of esters is 1. The molecule has 2 aromatic heterocycles. The molecule has 2 heterocycles. The molecule has 9 heteroatoms. The first-order valence-corrected chi connectivity index (χ1v) is 9.72. The molecular formula is C18H17Cl2N3O3S. The van der Waals surface area contributed by atoms with Gasteiger partial charge in [0.15, 0.2) is 0 Å². The van der Waals surface area contributed by atoms with Crippen molar-refractivity contribution in [1.82, 2.24) is 15.1 Å². The number of hydrogen-bond acceptors (Lipinski definition) is 5. The van der Waals surface area contributed by atoms with Gasteiger partial charge in [0.25, 0.3) is 5.91 Å². The second-order valence-corrected chi connectivity index (χ2v) is 7.70. The molecule has 0 saturated carbocycles. The Bertz CT molecular complexity index is 993. The summed E-state index contributed by atoms with van der Waals surface area (Å²) in [5.41, 5.74) is 1.60.